The Labute approximate surface area is 230 Å². The Morgan fingerprint density at radius 3 is 2.42 bits per heavy atom. The highest BCUT2D eigenvalue weighted by Gasteiger charge is 2.58. The predicted octanol–water partition coefficient (Wildman–Crippen LogP) is 7.05. The van der Waals surface area contributed by atoms with Gasteiger partial charge in [-0.15, -0.1) is 0 Å². The van der Waals surface area contributed by atoms with Gasteiger partial charge in [0.1, 0.15) is 17.1 Å². The molecule has 1 N–H and O–H groups in total. The quantitative estimate of drug-likeness (QED) is 0.0962. The standard InChI is InChI=1S/C31H31F4N3O2/c1-38(26-15-13-25(32)14-16-26)29(10-6-3-7-17-39)37-27-18-22(11-12-23(27)20-40)28-19-30(21-36-28,31(33,34)35)24-8-4-2-5-9-24/h2,4-5,8-9,11-16,18,20,39H,3,6-7,10,17,19,21H2,1H3/b37-29-. The molecule has 1 aliphatic rings. The summed E-state index contributed by atoms with van der Waals surface area (Å²) in [5, 5.41) is 9.15. The van der Waals surface area contributed by atoms with Gasteiger partial charge in [-0.2, -0.15) is 13.2 Å². The summed E-state index contributed by atoms with van der Waals surface area (Å²) in [6.07, 6.45) is -1.59. The van der Waals surface area contributed by atoms with E-state index in [2.05, 4.69) is 4.99 Å². The maximum Gasteiger partial charge on any atom is 0.400 e. The Morgan fingerprint density at radius 1 is 1.05 bits per heavy atom. The molecule has 1 atom stereocenters. The molecule has 0 aromatic heterocycles. The van der Waals surface area contributed by atoms with E-state index in [0.717, 1.165) is 6.42 Å². The van der Waals surface area contributed by atoms with Gasteiger partial charge in [-0.25, -0.2) is 9.38 Å². The van der Waals surface area contributed by atoms with Gasteiger partial charge in [-0.3, -0.25) is 9.79 Å². The number of hydrogen-bond donors (Lipinski definition) is 1. The van der Waals surface area contributed by atoms with Crippen LogP contribution in [0, 0.1) is 5.82 Å². The molecule has 0 saturated heterocycles. The van der Waals surface area contributed by atoms with E-state index in [9.17, 15) is 22.4 Å². The second-order valence-electron chi connectivity index (χ2n) is 9.87. The summed E-state index contributed by atoms with van der Waals surface area (Å²) in [4.78, 5) is 22.8. The molecule has 0 fully saturated rings. The van der Waals surface area contributed by atoms with E-state index in [1.807, 2.05) is 0 Å². The zero-order chi connectivity index (χ0) is 28.8. The fourth-order valence-electron chi connectivity index (χ4n) is 4.87. The number of rotatable bonds is 10. The van der Waals surface area contributed by atoms with Crippen molar-refractivity contribution in [3.63, 3.8) is 0 Å². The van der Waals surface area contributed by atoms with E-state index in [0.29, 0.717) is 54.0 Å². The molecule has 210 valence electrons. The van der Waals surface area contributed by atoms with Crippen LogP contribution < -0.4 is 4.90 Å². The summed E-state index contributed by atoms with van der Waals surface area (Å²) in [5.74, 6) is 0.212. The average molecular weight is 554 g/mol. The lowest BCUT2D eigenvalue weighted by Gasteiger charge is -2.31. The van der Waals surface area contributed by atoms with Gasteiger partial charge < -0.3 is 10.0 Å². The number of anilines is 1. The first-order valence-corrected chi connectivity index (χ1v) is 13.1. The lowest BCUT2D eigenvalue weighted by Crippen LogP contribution is -2.43. The lowest BCUT2D eigenvalue weighted by molar-refractivity contribution is -0.183. The maximum atomic E-state index is 14.4. The number of halogens is 4. The number of unbranched alkanes of at least 4 members (excludes halogenated alkanes) is 2. The van der Waals surface area contributed by atoms with Crippen molar-refractivity contribution in [3.8, 4) is 0 Å². The summed E-state index contributed by atoms with van der Waals surface area (Å²) in [7, 11) is 1.78. The van der Waals surface area contributed by atoms with Crippen LogP contribution in [0.2, 0.25) is 0 Å². The van der Waals surface area contributed by atoms with E-state index in [1.54, 1.807) is 60.5 Å². The monoisotopic (exact) mass is 553 g/mol. The fourth-order valence-corrected chi connectivity index (χ4v) is 4.87. The summed E-state index contributed by atoms with van der Waals surface area (Å²) in [6.45, 7) is -0.352. The molecule has 0 spiro atoms. The van der Waals surface area contributed by atoms with Crippen molar-refractivity contribution in [3.05, 3.63) is 95.3 Å². The Kier molecular flexibility index (Phi) is 9.14. The Morgan fingerprint density at radius 2 is 1.77 bits per heavy atom. The van der Waals surface area contributed by atoms with Crippen molar-refractivity contribution in [2.75, 3.05) is 25.1 Å². The van der Waals surface area contributed by atoms with E-state index in [1.165, 1.54) is 24.3 Å². The Hall–Kier alpha value is -3.85. The molecule has 1 unspecified atom stereocenters. The molecule has 0 aliphatic carbocycles. The third-order valence-corrected chi connectivity index (χ3v) is 7.28. The number of hydrogen-bond acceptors (Lipinski definition) is 4. The first-order valence-electron chi connectivity index (χ1n) is 13.1. The maximum absolute atomic E-state index is 14.4. The highest BCUT2D eigenvalue weighted by atomic mass is 19.4. The predicted molar refractivity (Wildman–Crippen MR) is 149 cm³/mol. The van der Waals surface area contributed by atoms with Gasteiger partial charge in [-0.05, 0) is 60.4 Å². The van der Waals surface area contributed by atoms with E-state index >= 15 is 0 Å². The number of carbonyl (C=O) groups is 1. The van der Waals surface area contributed by atoms with Gasteiger partial charge in [0.15, 0.2) is 6.29 Å². The van der Waals surface area contributed by atoms with Gasteiger partial charge in [-0.1, -0.05) is 42.8 Å². The zero-order valence-corrected chi connectivity index (χ0v) is 22.2. The highest BCUT2D eigenvalue weighted by molar-refractivity contribution is 6.05. The summed E-state index contributed by atoms with van der Waals surface area (Å²) in [6, 6.07) is 18.5. The minimum Gasteiger partial charge on any atom is -0.396 e. The van der Waals surface area contributed by atoms with Crippen molar-refractivity contribution in [1.82, 2.24) is 0 Å². The van der Waals surface area contributed by atoms with Crippen LogP contribution in [0.15, 0.2) is 82.8 Å². The second kappa shape index (κ2) is 12.6. The number of aliphatic hydroxyl groups is 1. The molecule has 1 heterocycles. The molecule has 3 aromatic rings. The molecular weight excluding hydrogens is 522 g/mol. The first kappa shape index (κ1) is 29.1. The number of nitrogens with zero attached hydrogens (tertiary/aromatic N) is 3. The van der Waals surface area contributed by atoms with E-state index in [4.69, 9.17) is 10.1 Å². The van der Waals surface area contributed by atoms with Crippen molar-refractivity contribution >= 4 is 29.2 Å². The first-order chi connectivity index (χ1) is 19.2. The van der Waals surface area contributed by atoms with Crippen LogP contribution in [0.5, 0.6) is 0 Å². The molecule has 0 saturated carbocycles. The Balaban J connectivity index is 1.70. The molecule has 4 rings (SSSR count). The third-order valence-electron chi connectivity index (χ3n) is 7.28. The third kappa shape index (κ3) is 6.31. The van der Waals surface area contributed by atoms with Crippen molar-refractivity contribution in [2.24, 2.45) is 9.98 Å². The molecular formula is C31H31F4N3O2. The minimum atomic E-state index is -4.51. The summed E-state index contributed by atoms with van der Waals surface area (Å²) < 4.78 is 56.8. The molecule has 3 aromatic carbocycles. The zero-order valence-electron chi connectivity index (χ0n) is 22.2. The molecule has 40 heavy (non-hydrogen) atoms. The van der Waals surface area contributed by atoms with E-state index < -0.39 is 18.1 Å². The number of amidine groups is 1. The lowest BCUT2D eigenvalue weighted by atomic mass is 9.76. The summed E-state index contributed by atoms with van der Waals surface area (Å²) in [5.41, 5.74) is 0.0799. The molecule has 0 bridgehead atoms. The van der Waals surface area contributed by atoms with E-state index in [-0.39, 0.29) is 30.0 Å². The number of benzene rings is 3. The molecule has 5 nitrogen and oxygen atoms in total. The van der Waals surface area contributed by atoms with Crippen LogP contribution in [0.4, 0.5) is 28.9 Å². The SMILES string of the molecule is CN(/C(CCCCCO)=N\c1cc(C2=NCC(c3ccccc3)(C(F)(F)F)C2)ccc1C=O)c1ccc(F)cc1. The molecule has 0 amide bonds. The van der Waals surface area contributed by atoms with Gasteiger partial charge in [0.25, 0.3) is 0 Å². The van der Waals surface area contributed by atoms with Crippen molar-refractivity contribution in [2.45, 2.75) is 43.7 Å². The van der Waals surface area contributed by atoms with Crippen LogP contribution in [0.3, 0.4) is 0 Å². The van der Waals surface area contributed by atoms with Gasteiger partial charge >= 0.3 is 6.18 Å². The fraction of sp³-hybridized carbons (Fsp3) is 0.323. The second-order valence-corrected chi connectivity index (χ2v) is 9.87. The minimum absolute atomic E-state index is 0.0716. The molecule has 1 aliphatic heterocycles. The highest BCUT2D eigenvalue weighted by Crippen LogP contribution is 2.47. The number of carbonyl (C=O) groups excluding carboxylic acids is 1. The number of aldehydes is 1. The molecule has 9 heteroatoms. The summed E-state index contributed by atoms with van der Waals surface area (Å²) >= 11 is 0. The van der Waals surface area contributed by atoms with Crippen molar-refractivity contribution in [1.29, 1.82) is 0 Å². The number of alkyl halides is 3. The Bertz CT molecular complexity index is 1370. The van der Waals surface area contributed by atoms with Crippen LogP contribution >= 0.6 is 0 Å². The number of aliphatic hydroxyl groups excluding tert-OH is 1. The topological polar surface area (TPSA) is 65.3 Å². The van der Waals surface area contributed by atoms with Crippen molar-refractivity contribution < 1.29 is 27.5 Å². The van der Waals surface area contributed by atoms with Crippen LogP contribution in [-0.4, -0.2) is 49.3 Å². The van der Waals surface area contributed by atoms with Gasteiger partial charge in [0.2, 0.25) is 0 Å². The number of aliphatic imine (C=N–C) groups is 2. The smallest absolute Gasteiger partial charge is 0.396 e. The van der Waals surface area contributed by atoms with Crippen LogP contribution in [0.1, 0.15) is 53.6 Å². The van der Waals surface area contributed by atoms with Crippen LogP contribution in [0.25, 0.3) is 0 Å². The average Bonchev–Trinajstić information content (AvgIpc) is 3.42. The van der Waals surface area contributed by atoms with Crippen LogP contribution in [-0.2, 0) is 5.41 Å². The van der Waals surface area contributed by atoms with Gasteiger partial charge in [0, 0.05) is 43.5 Å². The molecule has 0 radical (unpaired) electrons. The normalized spacial score (nSPS) is 17.6. The van der Waals surface area contributed by atoms with Gasteiger partial charge in [0.05, 0.1) is 12.2 Å². The largest absolute Gasteiger partial charge is 0.400 e.